The fourth-order valence-corrected chi connectivity index (χ4v) is 6.67. The smallest absolute Gasteiger partial charge is 0.191 e. The van der Waals surface area contributed by atoms with E-state index in [-0.39, 0.29) is 11.5 Å². The molecule has 31 heavy (non-hydrogen) atoms. The summed E-state index contributed by atoms with van der Waals surface area (Å²) in [5.41, 5.74) is 1.82. The predicted molar refractivity (Wildman–Crippen MR) is 126 cm³/mol. The first-order chi connectivity index (χ1) is 15.1. The summed E-state index contributed by atoms with van der Waals surface area (Å²) in [6, 6.07) is 10.2. The van der Waals surface area contributed by atoms with Gasteiger partial charge in [-0.1, -0.05) is 35.7 Å². The molecule has 3 heterocycles. The van der Waals surface area contributed by atoms with Crippen LogP contribution in [0, 0.1) is 18.3 Å². The van der Waals surface area contributed by atoms with Crippen molar-refractivity contribution in [1.29, 1.82) is 5.26 Å². The number of Topliss-reactive ketones (excluding diaryl/α,β-unsaturated/α-hetero) is 1. The summed E-state index contributed by atoms with van der Waals surface area (Å²) in [5, 5.41) is 21.1. The van der Waals surface area contributed by atoms with Crippen LogP contribution in [0.3, 0.4) is 0 Å². The molecule has 0 saturated heterocycles. The summed E-state index contributed by atoms with van der Waals surface area (Å²) in [6.45, 7) is 4.58. The molecule has 0 aliphatic heterocycles. The number of hydrogen-bond donors (Lipinski definition) is 0. The molecule has 1 atom stereocenters. The minimum Gasteiger partial charge on any atom is -0.306 e. The Balaban J connectivity index is 1.40. The van der Waals surface area contributed by atoms with Crippen molar-refractivity contribution >= 4 is 62.2 Å². The van der Waals surface area contributed by atoms with Crippen LogP contribution in [0.5, 0.6) is 0 Å². The molecule has 1 unspecified atom stereocenters. The highest BCUT2D eigenvalue weighted by atomic mass is 32.2. The molecular weight excluding hydrogens is 469 g/mol. The lowest BCUT2D eigenvalue weighted by Crippen LogP contribution is -2.14. The summed E-state index contributed by atoms with van der Waals surface area (Å²) >= 11 is 5.96. The first kappa shape index (κ1) is 22.0. The van der Waals surface area contributed by atoms with Gasteiger partial charge in [0.15, 0.2) is 21.2 Å². The zero-order valence-corrected chi connectivity index (χ0v) is 20.1. The van der Waals surface area contributed by atoms with E-state index in [4.69, 9.17) is 0 Å². The van der Waals surface area contributed by atoms with Gasteiger partial charge < -0.3 is 4.57 Å². The molecule has 0 N–H and O–H groups in total. The average Bonchev–Trinajstić information content (AvgIpc) is 3.48. The number of aromatic nitrogens is 5. The number of carbonyl (C=O) groups is 1. The molecule has 0 spiro atoms. The number of aryl methyl sites for hydroxylation is 1. The van der Waals surface area contributed by atoms with Crippen molar-refractivity contribution in [2.75, 3.05) is 5.75 Å². The van der Waals surface area contributed by atoms with E-state index in [9.17, 15) is 10.1 Å². The SMILES string of the molecule is CCn1c(CSc2nc3ccccc3s2)nnc1SCC(=O)C(C#N)c1nc(C)cs1. The number of fused-ring (bicyclic) bond motifs is 1. The van der Waals surface area contributed by atoms with Crippen molar-refractivity contribution in [3.63, 3.8) is 0 Å². The quantitative estimate of drug-likeness (QED) is 0.307. The lowest BCUT2D eigenvalue weighted by atomic mass is 10.1. The molecule has 4 aromatic rings. The molecule has 0 bridgehead atoms. The van der Waals surface area contributed by atoms with Crippen LogP contribution >= 0.6 is 46.2 Å². The highest BCUT2D eigenvalue weighted by molar-refractivity contribution is 8.00. The molecule has 4 rings (SSSR count). The summed E-state index contributed by atoms with van der Waals surface area (Å²) in [4.78, 5) is 21.6. The maximum atomic E-state index is 12.6. The van der Waals surface area contributed by atoms with Gasteiger partial charge in [0, 0.05) is 17.6 Å². The molecule has 3 aromatic heterocycles. The summed E-state index contributed by atoms with van der Waals surface area (Å²) in [5.74, 6) is 0.638. The molecule has 0 radical (unpaired) electrons. The maximum absolute atomic E-state index is 12.6. The molecule has 7 nitrogen and oxygen atoms in total. The Hall–Kier alpha value is -2.26. The van der Waals surface area contributed by atoms with E-state index in [0.29, 0.717) is 22.5 Å². The second kappa shape index (κ2) is 9.91. The van der Waals surface area contributed by atoms with Gasteiger partial charge in [0.2, 0.25) is 0 Å². The molecule has 1 aromatic carbocycles. The van der Waals surface area contributed by atoms with Crippen molar-refractivity contribution in [2.45, 2.75) is 41.6 Å². The summed E-state index contributed by atoms with van der Waals surface area (Å²) in [6.07, 6.45) is 0. The van der Waals surface area contributed by atoms with E-state index in [1.165, 1.54) is 27.8 Å². The van der Waals surface area contributed by atoms with Crippen molar-refractivity contribution < 1.29 is 4.79 Å². The zero-order chi connectivity index (χ0) is 21.8. The number of thioether (sulfide) groups is 2. The number of nitrogens with zero attached hydrogens (tertiary/aromatic N) is 6. The van der Waals surface area contributed by atoms with Crippen molar-refractivity contribution in [1.82, 2.24) is 24.7 Å². The fraction of sp³-hybridized carbons (Fsp3) is 0.300. The third-order valence-electron chi connectivity index (χ3n) is 4.39. The standard InChI is InChI=1S/C20H18N6OS4/c1-3-26-17(11-30-20-23-14-6-4-5-7-16(14)31-20)24-25-19(26)29-10-15(27)13(8-21)18-22-12(2)9-28-18/h4-7,9,13H,3,10-11H2,1-2H3. The normalized spacial score (nSPS) is 12.2. The van der Waals surface area contributed by atoms with Crippen LogP contribution in [0.15, 0.2) is 39.1 Å². The minimum atomic E-state index is -0.835. The Morgan fingerprint density at radius 3 is 2.81 bits per heavy atom. The van der Waals surface area contributed by atoms with Crippen LogP contribution in [-0.4, -0.2) is 36.3 Å². The van der Waals surface area contributed by atoms with Gasteiger partial charge in [0.1, 0.15) is 10.8 Å². The summed E-state index contributed by atoms with van der Waals surface area (Å²) in [7, 11) is 0. The van der Waals surface area contributed by atoms with E-state index >= 15 is 0 Å². The number of rotatable bonds is 9. The Kier molecular flexibility index (Phi) is 7.02. The van der Waals surface area contributed by atoms with Gasteiger partial charge in [-0.3, -0.25) is 4.79 Å². The van der Waals surface area contributed by atoms with E-state index in [2.05, 4.69) is 32.3 Å². The maximum Gasteiger partial charge on any atom is 0.191 e. The first-order valence-electron chi connectivity index (χ1n) is 9.46. The van der Waals surface area contributed by atoms with Gasteiger partial charge in [-0.2, -0.15) is 5.26 Å². The van der Waals surface area contributed by atoms with E-state index in [1.54, 1.807) is 23.1 Å². The molecule has 0 aliphatic rings. The average molecular weight is 487 g/mol. The minimum absolute atomic E-state index is 0.153. The molecule has 158 valence electrons. The second-order valence-corrected chi connectivity index (χ2v) is 10.6. The fourth-order valence-electron chi connectivity index (χ4n) is 2.88. The number of thiazole rings is 2. The zero-order valence-electron chi connectivity index (χ0n) is 16.8. The summed E-state index contributed by atoms with van der Waals surface area (Å²) < 4.78 is 4.17. The van der Waals surface area contributed by atoms with Gasteiger partial charge in [0.05, 0.1) is 27.8 Å². The van der Waals surface area contributed by atoms with Gasteiger partial charge in [0.25, 0.3) is 0 Å². The number of hydrogen-bond acceptors (Lipinski definition) is 10. The Bertz CT molecular complexity index is 1220. The molecule has 11 heteroatoms. The van der Waals surface area contributed by atoms with E-state index < -0.39 is 5.92 Å². The highest BCUT2D eigenvalue weighted by Gasteiger charge is 2.24. The number of nitriles is 1. The lowest BCUT2D eigenvalue weighted by Gasteiger charge is -2.07. The monoisotopic (exact) mass is 486 g/mol. The van der Waals surface area contributed by atoms with Gasteiger partial charge in [-0.15, -0.1) is 32.9 Å². The van der Waals surface area contributed by atoms with Crippen LogP contribution in [0.2, 0.25) is 0 Å². The van der Waals surface area contributed by atoms with Crippen LogP contribution in [0.25, 0.3) is 10.2 Å². The van der Waals surface area contributed by atoms with E-state index in [0.717, 1.165) is 21.4 Å². The van der Waals surface area contributed by atoms with Crippen molar-refractivity contribution in [3.8, 4) is 6.07 Å². The first-order valence-corrected chi connectivity index (χ1v) is 13.1. The topological polar surface area (TPSA) is 97.4 Å². The predicted octanol–water partition coefficient (Wildman–Crippen LogP) is 4.93. The van der Waals surface area contributed by atoms with Gasteiger partial charge in [-0.05, 0) is 26.0 Å². The van der Waals surface area contributed by atoms with Crippen LogP contribution in [0.1, 0.15) is 29.4 Å². The number of para-hydroxylation sites is 1. The Morgan fingerprint density at radius 1 is 1.26 bits per heavy atom. The van der Waals surface area contributed by atoms with Crippen molar-refractivity contribution in [3.05, 3.63) is 46.2 Å². The Morgan fingerprint density at radius 2 is 2.10 bits per heavy atom. The molecule has 0 saturated carbocycles. The largest absolute Gasteiger partial charge is 0.306 e. The van der Waals surface area contributed by atoms with E-state index in [1.807, 2.05) is 42.0 Å². The number of ketones is 1. The number of benzene rings is 1. The number of carbonyl (C=O) groups excluding carboxylic acids is 1. The third kappa shape index (κ3) is 4.98. The lowest BCUT2D eigenvalue weighted by molar-refractivity contribution is -0.116. The molecule has 0 fully saturated rings. The van der Waals surface area contributed by atoms with Crippen LogP contribution in [0.4, 0.5) is 0 Å². The van der Waals surface area contributed by atoms with Crippen molar-refractivity contribution in [2.24, 2.45) is 0 Å². The molecule has 0 aliphatic carbocycles. The van der Waals surface area contributed by atoms with Gasteiger partial charge >= 0.3 is 0 Å². The van der Waals surface area contributed by atoms with Crippen LogP contribution in [-0.2, 0) is 17.1 Å². The Labute approximate surface area is 195 Å². The molecule has 0 amide bonds. The second-order valence-electron chi connectivity index (χ2n) is 6.52. The molecular formula is C20H18N6OS4. The third-order valence-corrected chi connectivity index (χ3v) is 8.58. The van der Waals surface area contributed by atoms with Crippen LogP contribution < -0.4 is 0 Å². The van der Waals surface area contributed by atoms with Gasteiger partial charge in [-0.25, -0.2) is 9.97 Å². The highest BCUT2D eigenvalue weighted by Crippen LogP contribution is 2.32.